The third-order valence-corrected chi connectivity index (χ3v) is 9.56. The normalized spacial score (nSPS) is 13.1. The fraction of sp³-hybridized carbons (Fsp3) is 0.235. The Balaban J connectivity index is 2.04. The topological polar surface area (TPSA) is 103 Å². The van der Waals surface area contributed by atoms with Crippen LogP contribution in [0.5, 0.6) is 5.75 Å². The Morgan fingerprint density at radius 1 is 1.17 bits per heavy atom. The van der Waals surface area contributed by atoms with Gasteiger partial charge in [0.25, 0.3) is 0 Å². The SMILES string of the molecule is COc1ccc(I(C)c2cccc(CN=C(N)NOS(=O)(=O)C(F)(F)F)c2)cc1. The minimum atomic E-state index is -5.80. The minimum absolute atomic E-state index is 0.0364. The molecular weight excluding hydrogens is 526 g/mol. The Morgan fingerprint density at radius 2 is 1.83 bits per heavy atom. The predicted octanol–water partition coefficient (Wildman–Crippen LogP) is 3.06. The summed E-state index contributed by atoms with van der Waals surface area (Å²) in [4.78, 5) is 5.98. The van der Waals surface area contributed by atoms with Crippen molar-refractivity contribution in [2.75, 3.05) is 12.0 Å². The van der Waals surface area contributed by atoms with E-state index in [1.807, 2.05) is 42.5 Å². The molecule has 7 nitrogen and oxygen atoms in total. The molecule has 0 aliphatic rings. The molecule has 29 heavy (non-hydrogen) atoms. The number of nitrogens with one attached hydrogen (secondary N) is 1. The van der Waals surface area contributed by atoms with E-state index in [0.717, 1.165) is 14.9 Å². The Labute approximate surface area is 173 Å². The van der Waals surface area contributed by atoms with E-state index in [9.17, 15) is 21.6 Å². The molecule has 0 amide bonds. The van der Waals surface area contributed by atoms with Crippen LogP contribution >= 0.6 is 19.8 Å². The summed E-state index contributed by atoms with van der Waals surface area (Å²) < 4.78 is 69.4. The standard InChI is InChI=1S/C17H19F3IN3O4S/c1-21(13-6-8-15(27-2)9-7-13)14-5-3-4-12(10-14)11-23-16(22)24-28-29(25,26)17(18,19)20/h3-10H,11H2,1-2H3,(H3,22,23,24). The number of ether oxygens (including phenoxy) is 1. The van der Waals surface area contributed by atoms with Crippen LogP contribution in [-0.2, 0) is 20.9 Å². The van der Waals surface area contributed by atoms with Gasteiger partial charge in [-0.2, -0.15) is 0 Å². The Hall–Kier alpha value is -2.06. The van der Waals surface area contributed by atoms with Gasteiger partial charge in [0.2, 0.25) is 0 Å². The molecule has 0 unspecified atom stereocenters. The molecule has 0 aliphatic heterocycles. The number of aliphatic imine (C=N–C) groups is 1. The molecule has 0 spiro atoms. The second-order valence-electron chi connectivity index (χ2n) is 5.55. The van der Waals surface area contributed by atoms with E-state index >= 15 is 0 Å². The molecule has 0 aromatic heterocycles. The molecular formula is C17H19F3IN3O4S. The van der Waals surface area contributed by atoms with Gasteiger partial charge in [-0.25, -0.2) is 0 Å². The molecule has 0 aliphatic carbocycles. The summed E-state index contributed by atoms with van der Waals surface area (Å²) in [6.07, 6.45) is 0. The van der Waals surface area contributed by atoms with Crippen molar-refractivity contribution in [3.05, 3.63) is 61.2 Å². The number of nitrogens with zero attached hydrogens (tertiary/aromatic N) is 1. The average Bonchev–Trinajstić information content (AvgIpc) is 2.69. The zero-order valence-corrected chi connectivity index (χ0v) is 18.4. The van der Waals surface area contributed by atoms with E-state index in [1.54, 1.807) is 13.2 Å². The van der Waals surface area contributed by atoms with Gasteiger partial charge in [0.1, 0.15) is 0 Å². The predicted molar refractivity (Wildman–Crippen MR) is 111 cm³/mol. The first-order valence-electron chi connectivity index (χ1n) is 7.92. The van der Waals surface area contributed by atoms with Crippen LogP contribution in [0.15, 0.2) is 53.5 Å². The molecule has 12 heteroatoms. The second-order valence-corrected chi connectivity index (χ2v) is 12.3. The molecule has 2 aromatic carbocycles. The molecule has 2 rings (SSSR count). The van der Waals surface area contributed by atoms with Crippen molar-refractivity contribution in [1.29, 1.82) is 0 Å². The molecule has 0 heterocycles. The number of halogens is 4. The summed E-state index contributed by atoms with van der Waals surface area (Å²) in [6, 6.07) is 15.4. The summed E-state index contributed by atoms with van der Waals surface area (Å²) in [5.41, 5.74) is 2.07. The van der Waals surface area contributed by atoms with Gasteiger partial charge in [-0.1, -0.05) is 0 Å². The van der Waals surface area contributed by atoms with Crippen molar-refractivity contribution in [3.8, 4) is 5.75 Å². The Morgan fingerprint density at radius 3 is 2.41 bits per heavy atom. The van der Waals surface area contributed by atoms with Crippen LogP contribution in [0.2, 0.25) is 0 Å². The van der Waals surface area contributed by atoms with Crippen molar-refractivity contribution in [2.24, 2.45) is 10.7 Å². The van der Waals surface area contributed by atoms with Crippen LogP contribution in [-0.4, -0.2) is 31.9 Å². The van der Waals surface area contributed by atoms with Gasteiger partial charge in [-0.05, 0) is 0 Å². The second kappa shape index (κ2) is 9.63. The van der Waals surface area contributed by atoms with Crippen molar-refractivity contribution >= 4 is 35.9 Å². The molecule has 0 saturated heterocycles. The van der Waals surface area contributed by atoms with Crippen molar-refractivity contribution < 1.29 is 30.6 Å². The number of hydrogen-bond donors (Lipinski definition) is 2. The van der Waals surface area contributed by atoms with Crippen molar-refractivity contribution in [3.63, 3.8) is 0 Å². The van der Waals surface area contributed by atoms with Gasteiger partial charge < -0.3 is 0 Å². The summed E-state index contributed by atoms with van der Waals surface area (Å²) in [6.45, 7) is 0.0364. The molecule has 160 valence electrons. The van der Waals surface area contributed by atoms with Crippen LogP contribution in [0.25, 0.3) is 0 Å². The van der Waals surface area contributed by atoms with Gasteiger partial charge in [0, 0.05) is 0 Å². The quantitative estimate of drug-likeness (QED) is 0.139. The monoisotopic (exact) mass is 545 g/mol. The summed E-state index contributed by atoms with van der Waals surface area (Å²) in [7, 11) is -4.20. The number of benzene rings is 2. The number of nitrogens with two attached hydrogens (primary N) is 1. The number of hydrogen-bond acceptors (Lipinski definition) is 5. The molecule has 0 saturated carbocycles. The van der Waals surface area contributed by atoms with E-state index in [1.165, 1.54) is 9.05 Å². The number of rotatable bonds is 7. The zero-order chi connectivity index (χ0) is 21.7. The van der Waals surface area contributed by atoms with Gasteiger partial charge >= 0.3 is 174 Å². The van der Waals surface area contributed by atoms with E-state index in [4.69, 9.17) is 10.5 Å². The molecule has 0 fully saturated rings. The molecule has 2 aromatic rings. The van der Waals surface area contributed by atoms with Gasteiger partial charge in [-0.15, -0.1) is 0 Å². The van der Waals surface area contributed by atoms with Crippen LogP contribution in [0.3, 0.4) is 0 Å². The summed E-state index contributed by atoms with van der Waals surface area (Å²) in [5.74, 6) is 0.184. The first-order valence-corrected chi connectivity index (χ1v) is 13.6. The van der Waals surface area contributed by atoms with Crippen LogP contribution < -0.4 is 16.0 Å². The molecule has 0 atom stereocenters. The molecule has 3 N–H and O–H groups in total. The third kappa shape index (κ3) is 6.47. The Bertz CT molecular complexity index is 967. The van der Waals surface area contributed by atoms with E-state index in [-0.39, 0.29) is 6.54 Å². The fourth-order valence-corrected chi connectivity index (χ4v) is 6.11. The van der Waals surface area contributed by atoms with Crippen LogP contribution in [0.1, 0.15) is 5.56 Å². The van der Waals surface area contributed by atoms with Gasteiger partial charge in [-0.3, -0.25) is 0 Å². The molecule has 0 bridgehead atoms. The van der Waals surface area contributed by atoms with Crippen LogP contribution in [0, 0.1) is 7.14 Å². The van der Waals surface area contributed by atoms with Gasteiger partial charge in [0.05, 0.1) is 0 Å². The van der Waals surface area contributed by atoms with Crippen molar-refractivity contribution in [2.45, 2.75) is 12.1 Å². The summed E-state index contributed by atoms with van der Waals surface area (Å²) >= 11 is -1.66. The third-order valence-electron chi connectivity index (χ3n) is 3.56. The fourth-order valence-electron chi connectivity index (χ4n) is 2.05. The first kappa shape index (κ1) is 23.2. The van der Waals surface area contributed by atoms with E-state index in [0.29, 0.717) is 0 Å². The number of hydroxylamine groups is 1. The number of alkyl halides is 4. The van der Waals surface area contributed by atoms with E-state index < -0.39 is 41.4 Å². The van der Waals surface area contributed by atoms with Crippen LogP contribution in [0.4, 0.5) is 13.2 Å². The van der Waals surface area contributed by atoms with E-state index in [2.05, 4.69) is 14.2 Å². The maximum absolute atomic E-state index is 12.2. The Kier molecular flexibility index (Phi) is 7.71. The first-order chi connectivity index (χ1) is 13.5. The summed E-state index contributed by atoms with van der Waals surface area (Å²) in [5, 5.41) is 0. The van der Waals surface area contributed by atoms with Gasteiger partial charge in [0.15, 0.2) is 0 Å². The zero-order valence-electron chi connectivity index (χ0n) is 15.4. The maximum atomic E-state index is 12.2. The number of guanidine groups is 1. The average molecular weight is 545 g/mol. The molecule has 0 radical (unpaired) electrons. The van der Waals surface area contributed by atoms with Crippen molar-refractivity contribution in [1.82, 2.24) is 5.48 Å². The number of methoxy groups -OCH3 is 1.